The number of amidine groups is 1. The number of halogens is 4. The van der Waals surface area contributed by atoms with Crippen LogP contribution in [0.15, 0.2) is 57.9 Å². The molecule has 0 atom stereocenters. The summed E-state index contributed by atoms with van der Waals surface area (Å²) >= 11 is 0. The molecule has 0 unspecified atom stereocenters. The molecule has 0 spiro atoms. The molecule has 0 radical (unpaired) electrons. The quantitative estimate of drug-likeness (QED) is 0.0227. The van der Waals surface area contributed by atoms with Crippen molar-refractivity contribution >= 4 is 45.4 Å². The van der Waals surface area contributed by atoms with Gasteiger partial charge in [-0.1, -0.05) is 38.1 Å². The summed E-state index contributed by atoms with van der Waals surface area (Å²) in [6, 6.07) is 10.8. The van der Waals surface area contributed by atoms with Crippen molar-refractivity contribution in [1.82, 2.24) is 19.4 Å². The first-order valence-electron chi connectivity index (χ1n) is 29.3. The van der Waals surface area contributed by atoms with Gasteiger partial charge in [0.05, 0.1) is 149 Å². The predicted octanol–water partition coefficient (Wildman–Crippen LogP) is 5.68. The van der Waals surface area contributed by atoms with Gasteiger partial charge >= 0.3 is 5.97 Å². The summed E-state index contributed by atoms with van der Waals surface area (Å²) in [4.78, 5) is 46.9. The van der Waals surface area contributed by atoms with Gasteiger partial charge in [0.2, 0.25) is 39.2 Å². The van der Waals surface area contributed by atoms with E-state index in [2.05, 4.69) is 15.0 Å². The van der Waals surface area contributed by atoms with Gasteiger partial charge in [0, 0.05) is 69.3 Å². The molecule has 0 bridgehead atoms. The molecule has 0 saturated carbocycles. The van der Waals surface area contributed by atoms with Gasteiger partial charge in [0.1, 0.15) is 5.84 Å². The fourth-order valence-electron chi connectivity index (χ4n) is 8.86. The maximum atomic E-state index is 14.3. The number of nitrogens with two attached hydrogens (primary N) is 1. The topological polar surface area (TPSA) is 247 Å². The number of benzene rings is 3. The molecule has 2 amide bonds. The Morgan fingerprint density at radius 2 is 1.08 bits per heavy atom. The molecular formula is C60H86F4N6O16S. The van der Waals surface area contributed by atoms with Crippen LogP contribution in [0.5, 0.6) is 5.75 Å². The minimum absolute atomic E-state index is 0.00510. The molecule has 2 aliphatic heterocycles. The number of fused-ring (bicyclic) bond motifs is 1. The van der Waals surface area contributed by atoms with Crippen molar-refractivity contribution in [2.75, 3.05) is 179 Å². The Bertz CT molecular complexity index is 2740. The molecule has 5 rings (SSSR count). The molecule has 27 heteroatoms. The normalized spacial score (nSPS) is 13.7. The fraction of sp³-hybridized carbons (Fsp3) is 0.600. The maximum Gasteiger partial charge on any atom is 0.313 e. The molecule has 0 aromatic heterocycles. The van der Waals surface area contributed by atoms with Gasteiger partial charge in [-0.25, -0.2) is 22.2 Å². The molecule has 3 N–H and O–H groups in total. The van der Waals surface area contributed by atoms with Crippen LogP contribution in [0.25, 0.3) is 17.2 Å². The number of ether oxygens (including phenoxy) is 11. The zero-order chi connectivity index (χ0) is 62.8. The summed E-state index contributed by atoms with van der Waals surface area (Å²) in [6.45, 7) is 12.9. The standard InChI is InChI=1S/C60H86F4N6O16S/c1-5-13-69(14-6-2)60(73)49-35-47-9-7-45(36-52(47)67-54(65)38-49)46-8-10-48(53(37-46)87(74,75)70-42-44(43-70)41-68(3)4)40-66-55(71)11-15-76-17-19-78-21-23-80-25-27-82-29-31-84-33-34-85-32-30-83-28-26-81-24-22-79-20-18-77-16-12-56(72)86-59-57(63)50(61)39-51(62)58(59)64/h7-10,35-37,39,44H,5-6,11-34,38,40-43H2,1-4H3,(H2,65,67)(H,66,71). The molecule has 2 heterocycles. The van der Waals surface area contributed by atoms with E-state index in [-0.39, 0.29) is 87.7 Å². The van der Waals surface area contributed by atoms with E-state index in [1.807, 2.05) is 68.1 Å². The van der Waals surface area contributed by atoms with Crippen LogP contribution in [-0.4, -0.2) is 225 Å². The number of rotatable bonds is 46. The highest BCUT2D eigenvalue weighted by atomic mass is 32.2. The Morgan fingerprint density at radius 3 is 1.55 bits per heavy atom. The van der Waals surface area contributed by atoms with E-state index in [9.17, 15) is 40.4 Å². The lowest BCUT2D eigenvalue weighted by atomic mass is 9.99. The van der Waals surface area contributed by atoms with E-state index < -0.39 is 51.4 Å². The lowest BCUT2D eigenvalue weighted by Gasteiger charge is -2.39. The molecule has 0 aliphatic carbocycles. The third-order valence-electron chi connectivity index (χ3n) is 13.1. The first-order chi connectivity index (χ1) is 42.0. The zero-order valence-corrected chi connectivity index (χ0v) is 51.3. The molecule has 3 aromatic carbocycles. The summed E-state index contributed by atoms with van der Waals surface area (Å²) in [6.07, 6.45) is 3.40. The van der Waals surface area contributed by atoms with Crippen LogP contribution in [0.2, 0.25) is 0 Å². The molecular weight excluding hydrogens is 1170 g/mol. The average Bonchev–Trinajstić information content (AvgIpc) is 3.24. The van der Waals surface area contributed by atoms with E-state index in [4.69, 9.17) is 53.1 Å². The number of carbonyl (C=O) groups is 3. The largest absolute Gasteiger partial charge is 0.420 e. The zero-order valence-electron chi connectivity index (χ0n) is 50.4. The van der Waals surface area contributed by atoms with E-state index in [0.29, 0.717) is 147 Å². The van der Waals surface area contributed by atoms with E-state index in [1.165, 1.54) is 4.31 Å². The van der Waals surface area contributed by atoms with Crippen molar-refractivity contribution < 1.29 is 92.5 Å². The highest BCUT2D eigenvalue weighted by Gasteiger charge is 2.38. The van der Waals surface area contributed by atoms with Crippen LogP contribution in [0.1, 0.15) is 57.1 Å². The van der Waals surface area contributed by atoms with Gasteiger partial charge in [-0.05, 0) is 67.8 Å². The number of amides is 2. The Labute approximate surface area is 507 Å². The number of carbonyl (C=O) groups excluding carboxylic acids is 3. The summed E-state index contributed by atoms with van der Waals surface area (Å²) in [5.41, 5.74) is 10.1. The predicted molar refractivity (Wildman–Crippen MR) is 315 cm³/mol. The smallest absolute Gasteiger partial charge is 0.313 e. The maximum absolute atomic E-state index is 14.3. The SMILES string of the molecule is CCCN(CCC)C(=O)C1=Cc2ccc(-c3ccc(CNC(=O)CCOCCOCCOCCOCCOCCOCCOCCOCCOCCOCCC(=O)Oc4c(F)c(F)cc(F)c4F)c(S(=O)(=O)N4CC(CN(C)C)C4)c3)cc2N=C(N)C1. The van der Waals surface area contributed by atoms with E-state index in [1.54, 1.807) is 12.1 Å². The Balaban J connectivity index is 0.839. The summed E-state index contributed by atoms with van der Waals surface area (Å²) in [5.74, 6) is -9.39. The Hall–Kier alpha value is -5.53. The number of hydrogen-bond acceptors (Lipinski definition) is 19. The second kappa shape index (κ2) is 40.2. The van der Waals surface area contributed by atoms with Crippen LogP contribution >= 0.6 is 0 Å². The minimum atomic E-state index is -3.93. The summed E-state index contributed by atoms with van der Waals surface area (Å²) in [5, 5.41) is 2.87. The van der Waals surface area contributed by atoms with Crippen molar-refractivity contribution in [2.45, 2.75) is 57.4 Å². The average molecular weight is 1260 g/mol. The molecule has 3 aromatic rings. The van der Waals surface area contributed by atoms with Crippen molar-refractivity contribution in [1.29, 1.82) is 0 Å². The van der Waals surface area contributed by atoms with Crippen molar-refractivity contribution in [3.63, 3.8) is 0 Å². The lowest BCUT2D eigenvalue weighted by Crippen LogP contribution is -2.53. The highest BCUT2D eigenvalue weighted by molar-refractivity contribution is 7.89. The fourth-order valence-corrected chi connectivity index (χ4v) is 10.7. The summed E-state index contributed by atoms with van der Waals surface area (Å²) in [7, 11) is -0.00520. The van der Waals surface area contributed by atoms with Crippen LogP contribution in [0.4, 0.5) is 23.2 Å². The molecule has 87 heavy (non-hydrogen) atoms. The monoisotopic (exact) mass is 1250 g/mol. The lowest BCUT2D eigenvalue weighted by molar-refractivity contribution is -0.136. The van der Waals surface area contributed by atoms with Crippen LogP contribution in [-0.2, 0) is 78.3 Å². The molecule has 22 nitrogen and oxygen atoms in total. The number of aliphatic imine (C=N–C) groups is 1. The number of sulfonamides is 1. The van der Waals surface area contributed by atoms with Crippen molar-refractivity contribution in [3.8, 4) is 16.9 Å². The van der Waals surface area contributed by atoms with E-state index in [0.717, 1.165) is 30.5 Å². The van der Waals surface area contributed by atoms with Crippen LogP contribution < -0.4 is 15.8 Å². The summed E-state index contributed by atoms with van der Waals surface area (Å²) < 4.78 is 143. The van der Waals surface area contributed by atoms with Gasteiger partial charge in [0.15, 0.2) is 11.6 Å². The van der Waals surface area contributed by atoms with Gasteiger partial charge in [0.25, 0.3) is 0 Å². The van der Waals surface area contributed by atoms with Gasteiger partial charge < -0.3 is 73.0 Å². The molecule has 1 saturated heterocycles. The second-order valence-corrected chi connectivity index (χ2v) is 22.4. The number of esters is 1. The minimum Gasteiger partial charge on any atom is -0.420 e. The molecule has 486 valence electrons. The number of nitrogens with one attached hydrogen (secondary N) is 1. The number of nitrogens with zero attached hydrogens (tertiary/aromatic N) is 4. The Morgan fingerprint density at radius 1 is 0.632 bits per heavy atom. The third kappa shape index (κ3) is 25.8. The van der Waals surface area contributed by atoms with Crippen LogP contribution in [0, 0.1) is 29.2 Å². The van der Waals surface area contributed by atoms with Crippen molar-refractivity contribution in [2.24, 2.45) is 16.6 Å². The number of hydrogen-bond donors (Lipinski definition) is 2. The molecule has 2 aliphatic rings. The van der Waals surface area contributed by atoms with E-state index >= 15 is 0 Å². The first kappa shape index (κ1) is 72.2. The molecule has 1 fully saturated rings. The van der Waals surface area contributed by atoms with Gasteiger partial charge in [-0.2, -0.15) is 13.1 Å². The Kier molecular flexibility index (Phi) is 33.3. The third-order valence-corrected chi connectivity index (χ3v) is 15.1. The second-order valence-electron chi connectivity index (χ2n) is 20.5. The van der Waals surface area contributed by atoms with Gasteiger partial charge in [-0.15, -0.1) is 0 Å². The van der Waals surface area contributed by atoms with Crippen LogP contribution in [0.3, 0.4) is 0 Å². The first-order valence-corrected chi connectivity index (χ1v) is 30.8. The van der Waals surface area contributed by atoms with Gasteiger partial charge in [-0.3, -0.25) is 14.4 Å². The van der Waals surface area contributed by atoms with Crippen molar-refractivity contribution in [3.05, 3.63) is 82.4 Å². The highest BCUT2D eigenvalue weighted by Crippen LogP contribution is 2.36.